The largest absolute Gasteiger partial charge is 0.455 e. The SMILES string of the molecule is O=C(COC(=O)C1CCN(C(=O)C2CC2)CC1)Nc1ccc(Cl)c([N+](=O)[O-])c1. The van der Waals surface area contributed by atoms with E-state index in [1.54, 1.807) is 4.90 Å². The predicted octanol–water partition coefficient (Wildman–Crippen LogP) is 2.38. The summed E-state index contributed by atoms with van der Waals surface area (Å²) in [4.78, 5) is 48.1. The minimum atomic E-state index is -0.654. The molecule has 0 radical (unpaired) electrons. The Hall–Kier alpha value is -2.68. The van der Waals surface area contributed by atoms with Crippen LogP contribution in [0.2, 0.25) is 5.02 Å². The van der Waals surface area contributed by atoms with Crippen molar-refractivity contribution in [3.8, 4) is 0 Å². The fourth-order valence-electron chi connectivity index (χ4n) is 3.11. The molecule has 1 aromatic carbocycles. The second-order valence-corrected chi connectivity index (χ2v) is 7.36. The van der Waals surface area contributed by atoms with E-state index in [2.05, 4.69) is 5.32 Å². The Kier molecular flexibility index (Phi) is 6.13. The van der Waals surface area contributed by atoms with E-state index in [9.17, 15) is 24.5 Å². The highest BCUT2D eigenvalue weighted by Crippen LogP contribution is 2.32. The third kappa shape index (κ3) is 4.98. The topological polar surface area (TPSA) is 119 Å². The summed E-state index contributed by atoms with van der Waals surface area (Å²) in [7, 11) is 0. The zero-order valence-corrected chi connectivity index (χ0v) is 15.8. The highest BCUT2D eigenvalue weighted by molar-refractivity contribution is 6.32. The number of hydrogen-bond acceptors (Lipinski definition) is 6. The summed E-state index contributed by atoms with van der Waals surface area (Å²) in [6, 6.07) is 3.86. The number of anilines is 1. The van der Waals surface area contributed by atoms with Crippen molar-refractivity contribution in [2.45, 2.75) is 25.7 Å². The standard InChI is InChI=1S/C18H20ClN3O6/c19-14-4-3-13(9-15(14)22(26)27)20-16(23)10-28-18(25)12-5-7-21(8-6-12)17(24)11-1-2-11/h3-4,9,11-12H,1-2,5-8,10H2,(H,20,23). The Morgan fingerprint density at radius 2 is 1.86 bits per heavy atom. The minimum absolute atomic E-state index is 0.0408. The van der Waals surface area contributed by atoms with Crippen molar-refractivity contribution in [2.24, 2.45) is 11.8 Å². The van der Waals surface area contributed by atoms with E-state index in [1.165, 1.54) is 12.1 Å². The first-order valence-electron chi connectivity index (χ1n) is 9.04. The van der Waals surface area contributed by atoms with E-state index in [4.69, 9.17) is 16.3 Å². The molecule has 2 amide bonds. The molecule has 10 heteroatoms. The number of hydrogen-bond donors (Lipinski definition) is 1. The van der Waals surface area contributed by atoms with Gasteiger partial charge in [-0.2, -0.15) is 0 Å². The minimum Gasteiger partial charge on any atom is -0.455 e. The summed E-state index contributed by atoms with van der Waals surface area (Å²) in [5, 5.41) is 13.3. The molecule has 0 atom stereocenters. The van der Waals surface area contributed by atoms with Gasteiger partial charge in [0.1, 0.15) is 5.02 Å². The third-order valence-electron chi connectivity index (χ3n) is 4.84. The van der Waals surface area contributed by atoms with Crippen LogP contribution in [-0.2, 0) is 19.1 Å². The summed E-state index contributed by atoms with van der Waals surface area (Å²) < 4.78 is 5.06. The van der Waals surface area contributed by atoms with E-state index < -0.39 is 23.4 Å². The van der Waals surface area contributed by atoms with Crippen molar-refractivity contribution >= 4 is 40.8 Å². The lowest BCUT2D eigenvalue weighted by Crippen LogP contribution is -2.41. The van der Waals surface area contributed by atoms with Crippen LogP contribution in [0.25, 0.3) is 0 Å². The number of halogens is 1. The molecule has 1 saturated carbocycles. The van der Waals surface area contributed by atoms with Gasteiger partial charge in [0, 0.05) is 30.8 Å². The van der Waals surface area contributed by atoms with Crippen molar-refractivity contribution in [1.82, 2.24) is 4.90 Å². The quantitative estimate of drug-likeness (QED) is 0.437. The molecule has 0 bridgehead atoms. The van der Waals surface area contributed by atoms with Crippen LogP contribution in [0.4, 0.5) is 11.4 Å². The number of carbonyl (C=O) groups is 3. The molecular formula is C18H20ClN3O6. The van der Waals surface area contributed by atoms with E-state index >= 15 is 0 Å². The van der Waals surface area contributed by atoms with Gasteiger partial charge < -0.3 is 15.0 Å². The number of amides is 2. The number of ether oxygens (including phenoxy) is 1. The number of nitro benzene ring substituents is 1. The van der Waals surface area contributed by atoms with Crippen LogP contribution < -0.4 is 5.32 Å². The van der Waals surface area contributed by atoms with Gasteiger partial charge in [-0.25, -0.2) is 0 Å². The van der Waals surface area contributed by atoms with Gasteiger partial charge in [-0.15, -0.1) is 0 Å². The summed E-state index contributed by atoms with van der Waals surface area (Å²) in [5.74, 6) is -1.09. The first-order valence-corrected chi connectivity index (χ1v) is 9.42. The Labute approximate surface area is 166 Å². The van der Waals surface area contributed by atoms with Crippen molar-refractivity contribution in [1.29, 1.82) is 0 Å². The maximum Gasteiger partial charge on any atom is 0.309 e. The molecule has 1 N–H and O–H groups in total. The van der Waals surface area contributed by atoms with Gasteiger partial charge in [0.2, 0.25) is 5.91 Å². The molecular weight excluding hydrogens is 390 g/mol. The van der Waals surface area contributed by atoms with Gasteiger partial charge in [0.25, 0.3) is 11.6 Å². The smallest absolute Gasteiger partial charge is 0.309 e. The average Bonchev–Trinajstić information content (AvgIpc) is 3.52. The maximum absolute atomic E-state index is 12.2. The highest BCUT2D eigenvalue weighted by Gasteiger charge is 2.36. The van der Waals surface area contributed by atoms with Crippen molar-refractivity contribution < 1.29 is 24.0 Å². The van der Waals surface area contributed by atoms with Gasteiger partial charge in [-0.05, 0) is 37.8 Å². The molecule has 0 spiro atoms. The first kappa shape index (κ1) is 20.1. The number of nitro groups is 1. The maximum atomic E-state index is 12.2. The van der Waals surface area contributed by atoms with Crippen LogP contribution in [0.5, 0.6) is 0 Å². The van der Waals surface area contributed by atoms with Gasteiger partial charge in [-0.3, -0.25) is 24.5 Å². The van der Waals surface area contributed by atoms with Crippen LogP contribution in [0.15, 0.2) is 18.2 Å². The molecule has 9 nitrogen and oxygen atoms in total. The van der Waals surface area contributed by atoms with Crippen LogP contribution in [0.3, 0.4) is 0 Å². The Morgan fingerprint density at radius 3 is 2.46 bits per heavy atom. The number of rotatable bonds is 6. The molecule has 0 aromatic heterocycles. The highest BCUT2D eigenvalue weighted by atomic mass is 35.5. The summed E-state index contributed by atoms with van der Waals surface area (Å²) in [5.41, 5.74) is -0.145. The summed E-state index contributed by atoms with van der Waals surface area (Å²) in [6.07, 6.45) is 2.93. The molecule has 2 aliphatic rings. The van der Waals surface area contributed by atoms with Gasteiger partial charge >= 0.3 is 5.97 Å². The zero-order valence-electron chi connectivity index (χ0n) is 15.1. The lowest BCUT2D eigenvalue weighted by atomic mass is 9.97. The van der Waals surface area contributed by atoms with Gasteiger partial charge in [0.15, 0.2) is 6.61 Å². The Balaban J connectivity index is 1.43. The molecule has 3 rings (SSSR count). The first-order chi connectivity index (χ1) is 13.3. The van der Waals surface area contributed by atoms with Crippen LogP contribution in [-0.4, -0.2) is 47.3 Å². The zero-order chi connectivity index (χ0) is 20.3. The number of benzene rings is 1. The van der Waals surface area contributed by atoms with E-state index in [0.29, 0.717) is 25.9 Å². The lowest BCUT2D eigenvalue weighted by Gasteiger charge is -2.31. The molecule has 1 heterocycles. The predicted molar refractivity (Wildman–Crippen MR) is 99.7 cm³/mol. The van der Waals surface area contributed by atoms with E-state index in [0.717, 1.165) is 18.9 Å². The lowest BCUT2D eigenvalue weighted by molar-refractivity contribution is -0.384. The third-order valence-corrected chi connectivity index (χ3v) is 5.16. The average molecular weight is 410 g/mol. The molecule has 28 heavy (non-hydrogen) atoms. The Morgan fingerprint density at radius 1 is 1.18 bits per heavy atom. The van der Waals surface area contributed by atoms with Crippen LogP contribution in [0.1, 0.15) is 25.7 Å². The van der Waals surface area contributed by atoms with Gasteiger partial charge in [-0.1, -0.05) is 11.6 Å². The fourth-order valence-corrected chi connectivity index (χ4v) is 3.29. The molecule has 1 saturated heterocycles. The monoisotopic (exact) mass is 409 g/mol. The normalized spacial score (nSPS) is 17.1. The number of nitrogens with zero attached hydrogens (tertiary/aromatic N) is 2. The fraction of sp³-hybridized carbons (Fsp3) is 0.500. The van der Waals surface area contributed by atoms with Crippen LogP contribution >= 0.6 is 11.6 Å². The van der Waals surface area contributed by atoms with E-state index in [1.807, 2.05) is 0 Å². The number of nitrogens with one attached hydrogen (secondary N) is 1. The number of esters is 1. The molecule has 2 fully saturated rings. The second kappa shape index (κ2) is 8.55. The molecule has 150 valence electrons. The van der Waals surface area contributed by atoms with Crippen LogP contribution in [0, 0.1) is 22.0 Å². The summed E-state index contributed by atoms with van der Waals surface area (Å²) >= 11 is 5.72. The number of likely N-dealkylation sites (tertiary alicyclic amines) is 1. The second-order valence-electron chi connectivity index (χ2n) is 6.95. The molecule has 1 aromatic rings. The van der Waals surface area contributed by atoms with Crippen molar-refractivity contribution in [3.05, 3.63) is 33.3 Å². The summed E-state index contributed by atoms with van der Waals surface area (Å²) in [6.45, 7) is 0.557. The number of piperidine rings is 1. The van der Waals surface area contributed by atoms with Gasteiger partial charge in [0.05, 0.1) is 10.8 Å². The molecule has 1 aliphatic heterocycles. The van der Waals surface area contributed by atoms with E-state index in [-0.39, 0.29) is 34.1 Å². The van der Waals surface area contributed by atoms with Crippen molar-refractivity contribution in [3.63, 3.8) is 0 Å². The molecule has 1 aliphatic carbocycles. The molecule has 0 unspecified atom stereocenters. The number of carbonyl (C=O) groups excluding carboxylic acids is 3. The van der Waals surface area contributed by atoms with Crippen molar-refractivity contribution in [2.75, 3.05) is 25.0 Å². The Bertz CT molecular complexity index is 803.